The molecule has 0 heterocycles. The van der Waals surface area contributed by atoms with E-state index in [2.05, 4.69) is 4.84 Å². The molecule has 4 nitrogen and oxygen atoms in total. The van der Waals surface area contributed by atoms with Crippen molar-refractivity contribution in [3.63, 3.8) is 0 Å². The summed E-state index contributed by atoms with van der Waals surface area (Å²) in [5, 5.41) is 0. The highest BCUT2D eigenvalue weighted by molar-refractivity contribution is 5.76. The molecule has 0 aliphatic rings. The SMILES string of the molecule is CCc1ccc(OCC(=O)NOCC(F)(F)F)cc1. The molecular weight excluding hydrogens is 263 g/mol. The van der Waals surface area contributed by atoms with E-state index in [1.54, 1.807) is 17.6 Å². The summed E-state index contributed by atoms with van der Waals surface area (Å²) in [5.41, 5.74) is 2.76. The van der Waals surface area contributed by atoms with Gasteiger partial charge in [-0.2, -0.15) is 13.2 Å². The lowest BCUT2D eigenvalue weighted by Gasteiger charge is -2.09. The first-order chi connectivity index (χ1) is 8.90. The molecule has 106 valence electrons. The molecule has 1 N–H and O–H groups in total. The number of alkyl halides is 3. The van der Waals surface area contributed by atoms with Crippen LogP contribution < -0.4 is 10.2 Å². The zero-order chi connectivity index (χ0) is 14.3. The van der Waals surface area contributed by atoms with Gasteiger partial charge in [0.25, 0.3) is 5.91 Å². The van der Waals surface area contributed by atoms with E-state index < -0.39 is 25.3 Å². The summed E-state index contributed by atoms with van der Waals surface area (Å²) in [7, 11) is 0. The molecule has 0 spiro atoms. The molecule has 19 heavy (non-hydrogen) atoms. The number of carbonyl (C=O) groups excluding carboxylic acids is 1. The van der Waals surface area contributed by atoms with E-state index in [-0.39, 0.29) is 0 Å². The van der Waals surface area contributed by atoms with Crippen molar-refractivity contribution < 1.29 is 27.5 Å². The fourth-order valence-electron chi connectivity index (χ4n) is 1.20. The lowest BCUT2D eigenvalue weighted by atomic mass is 10.2. The van der Waals surface area contributed by atoms with Crippen LogP contribution >= 0.6 is 0 Å². The third-order valence-electron chi connectivity index (χ3n) is 2.12. The summed E-state index contributed by atoms with van der Waals surface area (Å²) in [6.07, 6.45) is -3.60. The van der Waals surface area contributed by atoms with Gasteiger partial charge < -0.3 is 4.74 Å². The van der Waals surface area contributed by atoms with Crippen molar-refractivity contribution in [3.05, 3.63) is 29.8 Å². The van der Waals surface area contributed by atoms with Crippen LogP contribution in [-0.2, 0) is 16.1 Å². The molecule has 1 aromatic rings. The molecule has 1 rings (SSSR count). The van der Waals surface area contributed by atoms with Gasteiger partial charge in [0, 0.05) is 0 Å². The minimum absolute atomic E-state index is 0.413. The minimum atomic E-state index is -4.48. The molecular formula is C12H14F3NO3. The monoisotopic (exact) mass is 277 g/mol. The highest BCUT2D eigenvalue weighted by Gasteiger charge is 2.28. The van der Waals surface area contributed by atoms with Crippen LogP contribution in [0.15, 0.2) is 24.3 Å². The van der Waals surface area contributed by atoms with Gasteiger partial charge in [0.2, 0.25) is 0 Å². The molecule has 0 aliphatic carbocycles. The number of ether oxygens (including phenoxy) is 1. The average molecular weight is 277 g/mol. The highest BCUT2D eigenvalue weighted by Crippen LogP contribution is 2.14. The molecule has 0 aliphatic heterocycles. The van der Waals surface area contributed by atoms with Crippen molar-refractivity contribution in [2.24, 2.45) is 0 Å². The van der Waals surface area contributed by atoms with Gasteiger partial charge in [-0.3, -0.25) is 9.63 Å². The third-order valence-corrected chi connectivity index (χ3v) is 2.12. The molecule has 0 radical (unpaired) electrons. The van der Waals surface area contributed by atoms with E-state index in [1.165, 1.54) is 0 Å². The zero-order valence-electron chi connectivity index (χ0n) is 10.3. The number of benzene rings is 1. The Labute approximate surface area is 108 Å². The minimum Gasteiger partial charge on any atom is -0.484 e. The predicted octanol–water partition coefficient (Wildman–Crippen LogP) is 2.24. The van der Waals surface area contributed by atoms with Crippen molar-refractivity contribution in [1.29, 1.82) is 0 Å². The second-order valence-electron chi connectivity index (χ2n) is 3.72. The van der Waals surface area contributed by atoms with Gasteiger partial charge >= 0.3 is 6.18 Å². The number of hydrogen-bond donors (Lipinski definition) is 1. The van der Waals surface area contributed by atoms with E-state index in [9.17, 15) is 18.0 Å². The van der Waals surface area contributed by atoms with Crippen LogP contribution in [0.25, 0.3) is 0 Å². The van der Waals surface area contributed by atoms with Gasteiger partial charge in [0.1, 0.15) is 5.75 Å². The fourth-order valence-corrected chi connectivity index (χ4v) is 1.20. The lowest BCUT2D eigenvalue weighted by Crippen LogP contribution is -2.32. The number of rotatable bonds is 6. The number of hydroxylamine groups is 1. The largest absolute Gasteiger partial charge is 0.484 e. The standard InChI is InChI=1S/C12H14F3NO3/c1-2-9-3-5-10(6-4-9)18-7-11(17)16-19-8-12(13,14)15/h3-6H,2,7-8H2,1H3,(H,16,17). The first kappa shape index (κ1) is 15.3. The Morgan fingerprint density at radius 3 is 2.42 bits per heavy atom. The Morgan fingerprint density at radius 2 is 1.89 bits per heavy atom. The van der Waals surface area contributed by atoms with E-state index in [1.807, 2.05) is 19.1 Å². The average Bonchev–Trinajstić information content (AvgIpc) is 2.35. The number of aryl methyl sites for hydroxylation is 1. The summed E-state index contributed by atoms with van der Waals surface area (Å²) < 4.78 is 40.2. The normalized spacial score (nSPS) is 11.2. The maximum absolute atomic E-state index is 11.7. The Morgan fingerprint density at radius 1 is 1.26 bits per heavy atom. The smallest absolute Gasteiger partial charge is 0.414 e. The van der Waals surface area contributed by atoms with Crippen molar-refractivity contribution >= 4 is 5.91 Å². The van der Waals surface area contributed by atoms with E-state index in [0.29, 0.717) is 5.75 Å². The highest BCUT2D eigenvalue weighted by atomic mass is 19.4. The topological polar surface area (TPSA) is 47.6 Å². The fraction of sp³-hybridized carbons (Fsp3) is 0.417. The van der Waals surface area contributed by atoms with E-state index >= 15 is 0 Å². The second kappa shape index (κ2) is 6.98. The van der Waals surface area contributed by atoms with Gasteiger partial charge in [-0.15, -0.1) is 0 Å². The molecule has 1 amide bonds. The van der Waals surface area contributed by atoms with Gasteiger partial charge in [0.15, 0.2) is 13.2 Å². The van der Waals surface area contributed by atoms with E-state index in [0.717, 1.165) is 12.0 Å². The predicted molar refractivity (Wildman–Crippen MR) is 61.5 cm³/mol. The summed E-state index contributed by atoms with van der Waals surface area (Å²) in [5.74, 6) is -0.327. The van der Waals surface area contributed by atoms with Crippen LogP contribution in [0.1, 0.15) is 12.5 Å². The van der Waals surface area contributed by atoms with Crippen molar-refractivity contribution in [3.8, 4) is 5.75 Å². The second-order valence-corrected chi connectivity index (χ2v) is 3.72. The van der Waals surface area contributed by atoms with E-state index in [4.69, 9.17) is 4.74 Å². The summed E-state index contributed by atoms with van der Waals surface area (Å²) in [6.45, 7) is 0.0502. The zero-order valence-corrected chi connectivity index (χ0v) is 10.3. The van der Waals surface area contributed by atoms with Gasteiger partial charge in [-0.1, -0.05) is 19.1 Å². The Balaban J connectivity index is 2.26. The maximum atomic E-state index is 11.7. The molecule has 0 saturated carbocycles. The summed E-state index contributed by atoms with van der Waals surface area (Å²) >= 11 is 0. The first-order valence-corrected chi connectivity index (χ1v) is 5.60. The van der Waals surface area contributed by atoms with Crippen LogP contribution in [0, 0.1) is 0 Å². The molecule has 0 unspecified atom stereocenters. The van der Waals surface area contributed by atoms with Crippen LogP contribution in [0.2, 0.25) is 0 Å². The van der Waals surface area contributed by atoms with Crippen molar-refractivity contribution in [2.75, 3.05) is 13.2 Å². The molecule has 0 fully saturated rings. The maximum Gasteiger partial charge on any atom is 0.414 e. The Hall–Kier alpha value is -1.76. The Bertz CT molecular complexity index is 404. The molecule has 7 heteroatoms. The summed E-state index contributed by atoms with van der Waals surface area (Å²) in [6, 6.07) is 7.05. The molecule has 0 atom stereocenters. The summed E-state index contributed by atoms with van der Waals surface area (Å²) in [4.78, 5) is 15.1. The number of nitrogens with one attached hydrogen (secondary N) is 1. The lowest BCUT2D eigenvalue weighted by molar-refractivity contribution is -0.192. The number of halogens is 3. The van der Waals surface area contributed by atoms with Crippen LogP contribution in [0.5, 0.6) is 5.75 Å². The Kier molecular flexibility index (Phi) is 5.62. The quantitative estimate of drug-likeness (QED) is 0.811. The molecule has 0 aromatic heterocycles. The van der Waals surface area contributed by atoms with Crippen LogP contribution in [0.4, 0.5) is 13.2 Å². The van der Waals surface area contributed by atoms with Crippen molar-refractivity contribution in [1.82, 2.24) is 5.48 Å². The van der Waals surface area contributed by atoms with Gasteiger partial charge in [-0.05, 0) is 24.1 Å². The molecule has 0 saturated heterocycles. The number of hydrogen-bond acceptors (Lipinski definition) is 3. The first-order valence-electron chi connectivity index (χ1n) is 5.60. The van der Waals surface area contributed by atoms with Gasteiger partial charge in [-0.25, -0.2) is 5.48 Å². The van der Waals surface area contributed by atoms with Crippen LogP contribution in [-0.4, -0.2) is 25.3 Å². The van der Waals surface area contributed by atoms with Crippen molar-refractivity contribution in [2.45, 2.75) is 19.5 Å². The number of amides is 1. The molecule has 1 aromatic carbocycles. The molecule has 0 bridgehead atoms. The van der Waals surface area contributed by atoms with Gasteiger partial charge in [0.05, 0.1) is 0 Å². The third kappa shape index (κ3) is 6.66. The number of carbonyl (C=O) groups is 1. The van der Waals surface area contributed by atoms with Crippen LogP contribution in [0.3, 0.4) is 0 Å².